The molecule has 2 aliphatic heterocycles. The van der Waals surface area contributed by atoms with Crippen LogP contribution in [0.15, 0.2) is 0 Å². The maximum atomic E-state index is 5.48. The predicted octanol–water partition coefficient (Wildman–Crippen LogP) is 1.56. The lowest BCUT2D eigenvalue weighted by atomic mass is 10.00. The van der Waals surface area contributed by atoms with Gasteiger partial charge in [0.2, 0.25) is 0 Å². The van der Waals surface area contributed by atoms with Crippen molar-refractivity contribution in [3.63, 3.8) is 0 Å². The number of likely N-dealkylation sites (tertiary alicyclic amines) is 1. The van der Waals surface area contributed by atoms with Gasteiger partial charge in [-0.15, -0.1) is 0 Å². The van der Waals surface area contributed by atoms with Crippen LogP contribution in [0.4, 0.5) is 0 Å². The van der Waals surface area contributed by atoms with E-state index in [4.69, 9.17) is 4.74 Å². The minimum Gasteiger partial charge on any atom is -0.379 e. The molecule has 2 heterocycles. The summed E-state index contributed by atoms with van der Waals surface area (Å²) in [5, 5.41) is 3.55. The van der Waals surface area contributed by atoms with Crippen LogP contribution in [0.5, 0.6) is 0 Å². The van der Waals surface area contributed by atoms with Crippen LogP contribution in [0.3, 0.4) is 0 Å². The van der Waals surface area contributed by atoms with Crippen molar-refractivity contribution in [3.05, 3.63) is 0 Å². The molecule has 2 fully saturated rings. The molecular weight excluding hydrogens is 250 g/mol. The zero-order chi connectivity index (χ0) is 14.4. The summed E-state index contributed by atoms with van der Waals surface area (Å²) in [6.45, 7) is 11.2. The van der Waals surface area contributed by atoms with Gasteiger partial charge in [0, 0.05) is 44.3 Å². The Balaban J connectivity index is 1.88. The summed E-state index contributed by atoms with van der Waals surface area (Å²) in [7, 11) is 2.12. The number of hydrogen-bond acceptors (Lipinski definition) is 4. The van der Waals surface area contributed by atoms with E-state index >= 15 is 0 Å². The van der Waals surface area contributed by atoms with Crippen molar-refractivity contribution < 1.29 is 4.74 Å². The fourth-order valence-corrected chi connectivity index (χ4v) is 3.95. The van der Waals surface area contributed by atoms with Crippen LogP contribution in [0.2, 0.25) is 0 Å². The van der Waals surface area contributed by atoms with Crippen LogP contribution in [0.25, 0.3) is 0 Å². The van der Waals surface area contributed by atoms with Crippen molar-refractivity contribution >= 4 is 0 Å². The smallest absolute Gasteiger partial charge is 0.0594 e. The topological polar surface area (TPSA) is 27.7 Å². The summed E-state index contributed by atoms with van der Waals surface area (Å²) in [6, 6.07) is 2.10. The standard InChI is InChI=1S/C16H33N3O/c1-4-6-15(17-3)16(5-2)19-8-7-14(13-19)18-9-11-20-12-10-18/h14-17H,4-13H2,1-3H3. The van der Waals surface area contributed by atoms with Gasteiger partial charge in [-0.2, -0.15) is 0 Å². The van der Waals surface area contributed by atoms with Gasteiger partial charge in [-0.3, -0.25) is 9.80 Å². The molecule has 4 heteroatoms. The third-order valence-corrected chi connectivity index (χ3v) is 5.08. The lowest BCUT2D eigenvalue weighted by Crippen LogP contribution is -2.50. The Labute approximate surface area is 124 Å². The van der Waals surface area contributed by atoms with Crippen molar-refractivity contribution in [1.82, 2.24) is 15.1 Å². The predicted molar refractivity (Wildman–Crippen MR) is 84.2 cm³/mol. The molecule has 118 valence electrons. The van der Waals surface area contributed by atoms with Gasteiger partial charge < -0.3 is 10.1 Å². The van der Waals surface area contributed by atoms with Crippen molar-refractivity contribution in [3.8, 4) is 0 Å². The molecule has 0 aromatic rings. The molecular formula is C16H33N3O. The quantitative estimate of drug-likeness (QED) is 0.767. The van der Waals surface area contributed by atoms with Gasteiger partial charge in [0.25, 0.3) is 0 Å². The molecule has 0 radical (unpaired) electrons. The molecule has 0 saturated carbocycles. The summed E-state index contributed by atoms with van der Waals surface area (Å²) < 4.78 is 5.48. The van der Waals surface area contributed by atoms with Crippen molar-refractivity contribution in [1.29, 1.82) is 0 Å². The highest BCUT2D eigenvalue weighted by atomic mass is 16.5. The second-order valence-corrected chi connectivity index (χ2v) is 6.25. The first kappa shape index (κ1) is 16.2. The SMILES string of the molecule is CCCC(NC)C(CC)N1CCC(N2CCOCC2)C1. The molecule has 0 bridgehead atoms. The highest BCUT2D eigenvalue weighted by Crippen LogP contribution is 2.23. The molecule has 2 rings (SSSR count). The Morgan fingerprint density at radius 1 is 1.20 bits per heavy atom. The average Bonchev–Trinajstić information content (AvgIpc) is 2.97. The largest absolute Gasteiger partial charge is 0.379 e. The van der Waals surface area contributed by atoms with Gasteiger partial charge in [-0.05, 0) is 26.3 Å². The van der Waals surface area contributed by atoms with Crippen molar-refractivity contribution in [2.45, 2.75) is 57.7 Å². The fourth-order valence-electron chi connectivity index (χ4n) is 3.95. The lowest BCUT2D eigenvalue weighted by Gasteiger charge is -2.36. The number of nitrogens with one attached hydrogen (secondary N) is 1. The normalized spacial score (nSPS) is 28.6. The molecule has 2 aliphatic rings. The van der Waals surface area contributed by atoms with E-state index in [9.17, 15) is 0 Å². The van der Waals surface area contributed by atoms with E-state index in [1.54, 1.807) is 0 Å². The third kappa shape index (κ3) is 3.94. The molecule has 2 saturated heterocycles. The van der Waals surface area contributed by atoms with Crippen LogP contribution >= 0.6 is 0 Å². The van der Waals surface area contributed by atoms with Crippen LogP contribution in [0, 0.1) is 0 Å². The third-order valence-electron chi connectivity index (χ3n) is 5.08. The highest BCUT2D eigenvalue weighted by Gasteiger charge is 2.34. The molecule has 0 spiro atoms. The van der Waals surface area contributed by atoms with E-state index in [0.717, 1.165) is 32.3 Å². The van der Waals surface area contributed by atoms with Gasteiger partial charge in [0.05, 0.1) is 13.2 Å². The van der Waals surface area contributed by atoms with E-state index in [-0.39, 0.29) is 0 Å². The maximum absolute atomic E-state index is 5.48. The number of likely N-dealkylation sites (N-methyl/N-ethyl adjacent to an activating group) is 1. The molecule has 3 atom stereocenters. The first-order valence-electron chi connectivity index (χ1n) is 8.53. The highest BCUT2D eigenvalue weighted by molar-refractivity contribution is 4.91. The van der Waals surface area contributed by atoms with Crippen LogP contribution in [0.1, 0.15) is 39.5 Å². The van der Waals surface area contributed by atoms with E-state index in [0.29, 0.717) is 12.1 Å². The molecule has 0 aliphatic carbocycles. The zero-order valence-electron chi connectivity index (χ0n) is 13.6. The Bertz CT molecular complexity index is 268. The monoisotopic (exact) mass is 283 g/mol. The van der Waals surface area contributed by atoms with Gasteiger partial charge in [-0.1, -0.05) is 20.3 Å². The van der Waals surface area contributed by atoms with Crippen LogP contribution < -0.4 is 5.32 Å². The van der Waals surface area contributed by atoms with Gasteiger partial charge in [0.15, 0.2) is 0 Å². The molecule has 0 aromatic heterocycles. The fraction of sp³-hybridized carbons (Fsp3) is 1.00. The number of ether oxygens (including phenoxy) is 1. The van der Waals surface area contributed by atoms with Gasteiger partial charge in [0.1, 0.15) is 0 Å². The number of nitrogens with zero attached hydrogens (tertiary/aromatic N) is 2. The molecule has 20 heavy (non-hydrogen) atoms. The number of hydrogen-bond donors (Lipinski definition) is 1. The Hall–Kier alpha value is -0.160. The van der Waals surface area contributed by atoms with Gasteiger partial charge in [-0.25, -0.2) is 0 Å². The zero-order valence-corrected chi connectivity index (χ0v) is 13.6. The van der Waals surface area contributed by atoms with E-state index < -0.39 is 0 Å². The number of rotatable bonds is 7. The second kappa shape index (κ2) is 8.32. The second-order valence-electron chi connectivity index (χ2n) is 6.25. The van der Waals surface area contributed by atoms with E-state index in [2.05, 4.69) is 36.0 Å². The average molecular weight is 283 g/mol. The van der Waals surface area contributed by atoms with E-state index in [1.807, 2.05) is 0 Å². The van der Waals surface area contributed by atoms with E-state index in [1.165, 1.54) is 38.8 Å². The lowest BCUT2D eigenvalue weighted by molar-refractivity contribution is 0.0170. The molecule has 1 N–H and O–H groups in total. The molecule has 0 amide bonds. The first-order valence-corrected chi connectivity index (χ1v) is 8.53. The van der Waals surface area contributed by atoms with Crippen LogP contribution in [-0.2, 0) is 4.74 Å². The maximum Gasteiger partial charge on any atom is 0.0594 e. The van der Waals surface area contributed by atoms with Crippen molar-refractivity contribution in [2.24, 2.45) is 0 Å². The Kier molecular flexibility index (Phi) is 6.75. The Morgan fingerprint density at radius 3 is 2.55 bits per heavy atom. The molecule has 0 aromatic carbocycles. The summed E-state index contributed by atoms with van der Waals surface area (Å²) in [6.07, 6.45) is 5.14. The number of morpholine rings is 1. The molecule has 3 unspecified atom stereocenters. The van der Waals surface area contributed by atoms with Crippen LogP contribution in [-0.4, -0.2) is 74.4 Å². The summed E-state index contributed by atoms with van der Waals surface area (Å²) in [5.74, 6) is 0. The minimum atomic E-state index is 0.647. The summed E-state index contributed by atoms with van der Waals surface area (Å²) in [4.78, 5) is 5.38. The van der Waals surface area contributed by atoms with Crippen molar-refractivity contribution in [2.75, 3.05) is 46.4 Å². The minimum absolute atomic E-state index is 0.647. The Morgan fingerprint density at radius 2 is 1.95 bits per heavy atom. The molecule has 4 nitrogen and oxygen atoms in total. The van der Waals surface area contributed by atoms with Gasteiger partial charge >= 0.3 is 0 Å². The summed E-state index contributed by atoms with van der Waals surface area (Å²) >= 11 is 0. The summed E-state index contributed by atoms with van der Waals surface area (Å²) in [5.41, 5.74) is 0. The first-order chi connectivity index (χ1) is 9.80.